The Kier molecular flexibility index (Phi) is 1.96. The molecule has 4 heteroatoms. The van der Waals surface area contributed by atoms with Crippen LogP contribution < -0.4 is 0 Å². The van der Waals surface area contributed by atoms with E-state index >= 15 is 0 Å². The van der Waals surface area contributed by atoms with Gasteiger partial charge in [0.2, 0.25) is 0 Å². The number of aryl methyl sites for hydroxylation is 1. The van der Waals surface area contributed by atoms with Gasteiger partial charge in [-0.05, 0) is 25.1 Å². The van der Waals surface area contributed by atoms with Gasteiger partial charge in [0.05, 0.1) is 7.11 Å². The number of ether oxygens (including phenoxy) is 1. The number of aromatic amines is 1. The van der Waals surface area contributed by atoms with Gasteiger partial charge in [-0.25, -0.2) is 9.78 Å². The van der Waals surface area contributed by atoms with Crippen molar-refractivity contribution < 1.29 is 9.53 Å². The molecule has 2 rings (SSSR count). The Morgan fingerprint density at radius 3 is 3.00 bits per heavy atom. The van der Waals surface area contributed by atoms with E-state index in [9.17, 15) is 4.79 Å². The average molecular weight is 190 g/mol. The molecular formula is C10H10N2O2. The van der Waals surface area contributed by atoms with Gasteiger partial charge in [0, 0.05) is 11.1 Å². The van der Waals surface area contributed by atoms with Crippen molar-refractivity contribution in [2.75, 3.05) is 7.11 Å². The summed E-state index contributed by atoms with van der Waals surface area (Å²) in [6.07, 6.45) is 0. The molecular weight excluding hydrogens is 180 g/mol. The third kappa shape index (κ3) is 1.35. The summed E-state index contributed by atoms with van der Waals surface area (Å²) in [6, 6.07) is 5.48. The molecule has 72 valence electrons. The molecule has 0 radical (unpaired) electrons. The molecule has 2 aromatic rings. The van der Waals surface area contributed by atoms with Crippen LogP contribution in [0.2, 0.25) is 0 Å². The van der Waals surface area contributed by atoms with Gasteiger partial charge < -0.3 is 9.72 Å². The zero-order valence-electron chi connectivity index (χ0n) is 8.00. The van der Waals surface area contributed by atoms with Crippen LogP contribution in [0.15, 0.2) is 18.2 Å². The van der Waals surface area contributed by atoms with Crippen LogP contribution in [-0.4, -0.2) is 23.0 Å². The molecule has 0 spiro atoms. The highest BCUT2D eigenvalue weighted by molar-refractivity contribution is 5.90. The minimum absolute atomic E-state index is 0.321. The van der Waals surface area contributed by atoms with E-state index in [0.717, 1.165) is 11.1 Å². The highest BCUT2D eigenvalue weighted by atomic mass is 16.5. The van der Waals surface area contributed by atoms with Crippen molar-refractivity contribution in [3.8, 4) is 0 Å². The monoisotopic (exact) mass is 190 g/mol. The van der Waals surface area contributed by atoms with E-state index in [1.54, 1.807) is 6.07 Å². The van der Waals surface area contributed by atoms with Crippen LogP contribution >= 0.6 is 0 Å². The second-order valence-corrected chi connectivity index (χ2v) is 3.08. The Hall–Kier alpha value is -1.84. The van der Waals surface area contributed by atoms with E-state index in [1.165, 1.54) is 7.11 Å². The summed E-state index contributed by atoms with van der Waals surface area (Å²) in [5.74, 6) is -0.417. The molecule has 14 heavy (non-hydrogen) atoms. The van der Waals surface area contributed by atoms with Crippen molar-refractivity contribution in [2.45, 2.75) is 6.92 Å². The first kappa shape index (κ1) is 8.74. The molecule has 0 aliphatic heterocycles. The number of H-pyrrole nitrogens is 1. The quantitative estimate of drug-likeness (QED) is 0.696. The number of pyridine rings is 1. The first-order chi connectivity index (χ1) is 6.70. The lowest BCUT2D eigenvalue weighted by atomic mass is 10.3. The Labute approximate surface area is 80.9 Å². The molecule has 2 heterocycles. The topological polar surface area (TPSA) is 55.0 Å². The van der Waals surface area contributed by atoms with Crippen LogP contribution in [0.5, 0.6) is 0 Å². The number of hydrogen-bond donors (Lipinski definition) is 1. The first-order valence-corrected chi connectivity index (χ1v) is 4.25. The maximum Gasteiger partial charge on any atom is 0.356 e. The van der Waals surface area contributed by atoms with Crippen molar-refractivity contribution in [1.29, 1.82) is 0 Å². The highest BCUT2D eigenvalue weighted by Crippen LogP contribution is 2.13. The van der Waals surface area contributed by atoms with Crippen LogP contribution in [-0.2, 0) is 4.74 Å². The SMILES string of the molecule is COC(=O)c1ccc2cc(C)[nH]c2n1. The van der Waals surface area contributed by atoms with Crippen molar-refractivity contribution in [2.24, 2.45) is 0 Å². The number of rotatable bonds is 1. The molecule has 0 amide bonds. The zero-order valence-corrected chi connectivity index (χ0v) is 8.00. The molecule has 2 aromatic heterocycles. The Morgan fingerprint density at radius 2 is 2.29 bits per heavy atom. The van der Waals surface area contributed by atoms with E-state index in [-0.39, 0.29) is 0 Å². The molecule has 0 atom stereocenters. The van der Waals surface area contributed by atoms with E-state index in [0.29, 0.717) is 11.3 Å². The second-order valence-electron chi connectivity index (χ2n) is 3.08. The summed E-state index contributed by atoms with van der Waals surface area (Å²) in [5.41, 5.74) is 2.06. The Balaban J connectivity index is 2.55. The largest absolute Gasteiger partial charge is 0.464 e. The number of nitrogens with zero attached hydrogens (tertiary/aromatic N) is 1. The lowest BCUT2D eigenvalue weighted by Crippen LogP contribution is -2.03. The van der Waals surface area contributed by atoms with Gasteiger partial charge in [-0.3, -0.25) is 0 Å². The number of carbonyl (C=O) groups excluding carboxylic acids is 1. The predicted molar refractivity (Wildman–Crippen MR) is 52.2 cm³/mol. The highest BCUT2D eigenvalue weighted by Gasteiger charge is 2.08. The Bertz CT molecular complexity index is 488. The van der Waals surface area contributed by atoms with Crippen molar-refractivity contribution in [3.05, 3.63) is 29.6 Å². The number of esters is 1. The van der Waals surface area contributed by atoms with Crippen LogP contribution in [0.25, 0.3) is 11.0 Å². The smallest absolute Gasteiger partial charge is 0.356 e. The van der Waals surface area contributed by atoms with Crippen LogP contribution in [0.1, 0.15) is 16.2 Å². The number of methoxy groups -OCH3 is 1. The summed E-state index contributed by atoms with van der Waals surface area (Å²) in [6.45, 7) is 1.94. The van der Waals surface area contributed by atoms with E-state index in [1.807, 2.05) is 19.1 Å². The van der Waals surface area contributed by atoms with Gasteiger partial charge in [-0.1, -0.05) is 0 Å². The van der Waals surface area contributed by atoms with Gasteiger partial charge in [-0.15, -0.1) is 0 Å². The fraction of sp³-hybridized carbons (Fsp3) is 0.200. The molecule has 0 aliphatic rings. The fourth-order valence-electron chi connectivity index (χ4n) is 1.36. The fourth-order valence-corrected chi connectivity index (χ4v) is 1.36. The normalized spacial score (nSPS) is 10.4. The summed E-state index contributed by atoms with van der Waals surface area (Å²) in [4.78, 5) is 18.4. The number of carbonyl (C=O) groups is 1. The summed E-state index contributed by atoms with van der Waals surface area (Å²) in [7, 11) is 1.34. The lowest BCUT2D eigenvalue weighted by Gasteiger charge is -1.97. The maximum atomic E-state index is 11.2. The molecule has 0 aromatic carbocycles. The van der Waals surface area contributed by atoms with Gasteiger partial charge in [-0.2, -0.15) is 0 Å². The average Bonchev–Trinajstić information content (AvgIpc) is 2.55. The number of hydrogen-bond acceptors (Lipinski definition) is 3. The molecule has 0 fully saturated rings. The maximum absolute atomic E-state index is 11.2. The lowest BCUT2D eigenvalue weighted by molar-refractivity contribution is 0.0594. The molecule has 0 bridgehead atoms. The second kappa shape index (κ2) is 3.14. The van der Waals surface area contributed by atoms with Gasteiger partial charge >= 0.3 is 5.97 Å². The predicted octanol–water partition coefficient (Wildman–Crippen LogP) is 1.66. The van der Waals surface area contributed by atoms with E-state index < -0.39 is 5.97 Å². The third-order valence-electron chi connectivity index (χ3n) is 2.01. The zero-order chi connectivity index (χ0) is 10.1. The van der Waals surface area contributed by atoms with Gasteiger partial charge in [0.25, 0.3) is 0 Å². The molecule has 1 N–H and O–H groups in total. The minimum Gasteiger partial charge on any atom is -0.464 e. The Morgan fingerprint density at radius 1 is 1.50 bits per heavy atom. The van der Waals surface area contributed by atoms with Crippen LogP contribution in [0, 0.1) is 6.92 Å². The van der Waals surface area contributed by atoms with Crippen molar-refractivity contribution in [1.82, 2.24) is 9.97 Å². The van der Waals surface area contributed by atoms with Crippen molar-refractivity contribution >= 4 is 17.0 Å². The molecule has 0 saturated heterocycles. The summed E-state index contributed by atoms with van der Waals surface area (Å²) < 4.78 is 4.58. The van der Waals surface area contributed by atoms with E-state index in [2.05, 4.69) is 14.7 Å². The summed E-state index contributed by atoms with van der Waals surface area (Å²) >= 11 is 0. The van der Waals surface area contributed by atoms with Gasteiger partial charge in [0.15, 0.2) is 5.69 Å². The molecule has 0 aliphatic carbocycles. The molecule has 4 nitrogen and oxygen atoms in total. The number of aromatic nitrogens is 2. The standard InChI is InChI=1S/C10H10N2O2/c1-6-5-7-3-4-8(10(13)14-2)12-9(7)11-6/h3-5H,1-2H3,(H,11,12). The third-order valence-corrected chi connectivity index (χ3v) is 2.01. The number of nitrogens with one attached hydrogen (secondary N) is 1. The van der Waals surface area contributed by atoms with Crippen LogP contribution in [0.4, 0.5) is 0 Å². The van der Waals surface area contributed by atoms with E-state index in [4.69, 9.17) is 0 Å². The van der Waals surface area contributed by atoms with Gasteiger partial charge in [0.1, 0.15) is 5.65 Å². The summed E-state index contributed by atoms with van der Waals surface area (Å²) in [5, 5.41) is 0.996. The first-order valence-electron chi connectivity index (χ1n) is 4.25. The molecule has 0 unspecified atom stereocenters. The van der Waals surface area contributed by atoms with Crippen LogP contribution in [0.3, 0.4) is 0 Å². The number of fused-ring (bicyclic) bond motifs is 1. The van der Waals surface area contributed by atoms with Crippen molar-refractivity contribution in [3.63, 3.8) is 0 Å². The molecule has 0 saturated carbocycles. The minimum atomic E-state index is -0.417.